The number of hydrogen-bond acceptors (Lipinski definition) is 3. The van der Waals surface area contributed by atoms with Gasteiger partial charge in [-0.15, -0.1) is 0 Å². The zero-order chi connectivity index (χ0) is 20.4. The van der Waals surface area contributed by atoms with Gasteiger partial charge in [0.1, 0.15) is 0 Å². The number of rotatable bonds is 6. The molecule has 1 atom stereocenters. The highest BCUT2D eigenvalue weighted by Gasteiger charge is 2.51. The molecule has 0 bridgehead atoms. The van der Waals surface area contributed by atoms with Crippen molar-refractivity contribution in [2.24, 2.45) is 11.7 Å². The molecule has 29 heavy (non-hydrogen) atoms. The van der Waals surface area contributed by atoms with E-state index in [4.69, 9.17) is 5.73 Å². The van der Waals surface area contributed by atoms with Crippen LogP contribution in [0.5, 0.6) is 0 Å². The molecule has 1 aliphatic carbocycles. The van der Waals surface area contributed by atoms with E-state index in [0.29, 0.717) is 0 Å². The number of anilines is 1. The number of halogens is 1. The molecule has 0 aromatic heterocycles. The van der Waals surface area contributed by atoms with Gasteiger partial charge in [-0.1, -0.05) is 40.2 Å². The van der Waals surface area contributed by atoms with Gasteiger partial charge in [-0.3, -0.25) is 14.5 Å². The van der Waals surface area contributed by atoms with Gasteiger partial charge >= 0.3 is 0 Å². The quantitative estimate of drug-likeness (QED) is 0.694. The highest BCUT2D eigenvalue weighted by atomic mass is 79.9. The molecule has 1 aliphatic heterocycles. The van der Waals surface area contributed by atoms with Crippen LogP contribution in [0.2, 0.25) is 0 Å². The normalized spacial score (nSPS) is 20.8. The molecule has 152 valence electrons. The fourth-order valence-electron chi connectivity index (χ4n) is 4.17. The summed E-state index contributed by atoms with van der Waals surface area (Å²) in [5, 5.41) is 3.09. The topological polar surface area (TPSA) is 75.4 Å². The number of nitrogens with zero attached hydrogens (tertiary/aromatic N) is 1. The average molecular weight is 456 g/mol. The number of primary amides is 1. The lowest BCUT2D eigenvalue weighted by molar-refractivity contribution is -0.123. The third kappa shape index (κ3) is 4.54. The summed E-state index contributed by atoms with van der Waals surface area (Å²) in [7, 11) is 0. The number of nitrogens with one attached hydrogen (secondary N) is 1. The zero-order valence-electron chi connectivity index (χ0n) is 16.4. The van der Waals surface area contributed by atoms with E-state index in [2.05, 4.69) is 26.1 Å². The Morgan fingerprint density at radius 3 is 2.41 bits per heavy atom. The van der Waals surface area contributed by atoms with Crippen LogP contribution in [-0.4, -0.2) is 29.8 Å². The smallest absolute Gasteiger partial charge is 0.235 e. The second-order valence-corrected chi connectivity index (χ2v) is 9.13. The summed E-state index contributed by atoms with van der Waals surface area (Å²) >= 11 is 3.45. The maximum atomic E-state index is 12.9. The number of carbonyl (C=O) groups excluding carboxylic acids is 2. The molecule has 2 aliphatic rings. The lowest BCUT2D eigenvalue weighted by Gasteiger charge is -2.31. The third-order valence-corrected chi connectivity index (χ3v) is 6.64. The first kappa shape index (κ1) is 20.1. The molecule has 4 rings (SSSR count). The van der Waals surface area contributed by atoms with Gasteiger partial charge < -0.3 is 11.1 Å². The molecular formula is C23H26BrN3O2. The van der Waals surface area contributed by atoms with Gasteiger partial charge in [-0.2, -0.15) is 0 Å². The third-order valence-electron chi connectivity index (χ3n) is 6.11. The van der Waals surface area contributed by atoms with Crippen molar-refractivity contribution in [3.05, 3.63) is 64.1 Å². The highest BCUT2D eigenvalue weighted by molar-refractivity contribution is 9.10. The highest BCUT2D eigenvalue weighted by Crippen LogP contribution is 2.49. The fraction of sp³-hybridized carbons (Fsp3) is 0.391. The second kappa shape index (κ2) is 8.28. The van der Waals surface area contributed by atoms with Gasteiger partial charge in [-0.05, 0) is 67.6 Å². The van der Waals surface area contributed by atoms with Crippen molar-refractivity contribution in [1.82, 2.24) is 4.90 Å². The van der Waals surface area contributed by atoms with E-state index >= 15 is 0 Å². The minimum absolute atomic E-state index is 0.0457. The number of amides is 2. The molecule has 1 unspecified atom stereocenters. The molecule has 2 aromatic rings. The van der Waals surface area contributed by atoms with Crippen molar-refractivity contribution in [1.29, 1.82) is 0 Å². The molecule has 0 spiro atoms. The van der Waals surface area contributed by atoms with Crippen LogP contribution >= 0.6 is 15.9 Å². The number of hydrogen-bond donors (Lipinski definition) is 2. The number of likely N-dealkylation sites (tertiary alicyclic amines) is 1. The van der Waals surface area contributed by atoms with E-state index in [1.807, 2.05) is 48.5 Å². The maximum absolute atomic E-state index is 12.9. The van der Waals surface area contributed by atoms with Crippen molar-refractivity contribution < 1.29 is 9.59 Å². The number of benzene rings is 2. The summed E-state index contributed by atoms with van der Waals surface area (Å²) in [6.07, 6.45) is 3.65. The molecule has 0 radical (unpaired) electrons. The van der Waals surface area contributed by atoms with Crippen molar-refractivity contribution >= 4 is 33.4 Å². The van der Waals surface area contributed by atoms with Crippen LogP contribution in [0.15, 0.2) is 53.0 Å². The summed E-state index contributed by atoms with van der Waals surface area (Å²) in [6.45, 7) is 2.50. The lowest BCUT2D eigenvalue weighted by Crippen LogP contribution is -2.40. The Hall–Kier alpha value is -2.18. The van der Waals surface area contributed by atoms with Crippen LogP contribution in [0.25, 0.3) is 0 Å². The van der Waals surface area contributed by atoms with Crippen LogP contribution in [0.4, 0.5) is 5.69 Å². The minimum Gasteiger partial charge on any atom is -0.369 e. The zero-order valence-corrected chi connectivity index (χ0v) is 18.0. The van der Waals surface area contributed by atoms with E-state index in [0.717, 1.165) is 61.0 Å². The Bertz CT molecular complexity index is 891. The van der Waals surface area contributed by atoms with E-state index in [1.54, 1.807) is 0 Å². The SMILES string of the molecule is NC(=O)C1CCCN(Cc2ccc(NC(=O)C3(c4ccc(Br)cc4)CC3)cc2)C1. The molecule has 1 saturated heterocycles. The predicted octanol–water partition coefficient (Wildman–Crippen LogP) is 3.82. The van der Waals surface area contributed by atoms with Gasteiger partial charge in [-0.25, -0.2) is 0 Å². The monoisotopic (exact) mass is 455 g/mol. The molecule has 1 heterocycles. The van der Waals surface area contributed by atoms with Crippen LogP contribution in [0.1, 0.15) is 36.8 Å². The van der Waals surface area contributed by atoms with Crippen molar-refractivity contribution in [2.45, 2.75) is 37.6 Å². The molecule has 6 heteroatoms. The Balaban J connectivity index is 1.36. The van der Waals surface area contributed by atoms with Crippen LogP contribution in [0, 0.1) is 5.92 Å². The maximum Gasteiger partial charge on any atom is 0.235 e. The van der Waals surface area contributed by atoms with Crippen molar-refractivity contribution in [3.8, 4) is 0 Å². The summed E-state index contributed by atoms with van der Waals surface area (Å²) in [4.78, 5) is 26.6. The largest absolute Gasteiger partial charge is 0.369 e. The van der Waals surface area contributed by atoms with Gasteiger partial charge in [0.2, 0.25) is 11.8 Å². The average Bonchev–Trinajstić information content (AvgIpc) is 3.52. The van der Waals surface area contributed by atoms with Crippen molar-refractivity contribution in [2.75, 3.05) is 18.4 Å². The van der Waals surface area contributed by atoms with E-state index in [-0.39, 0.29) is 17.7 Å². The molecular weight excluding hydrogens is 430 g/mol. The van der Waals surface area contributed by atoms with E-state index < -0.39 is 5.41 Å². The molecule has 2 amide bonds. The van der Waals surface area contributed by atoms with Crippen LogP contribution < -0.4 is 11.1 Å². The first-order valence-electron chi connectivity index (χ1n) is 10.1. The lowest BCUT2D eigenvalue weighted by atomic mass is 9.95. The first-order chi connectivity index (χ1) is 14.0. The Morgan fingerprint density at radius 1 is 1.10 bits per heavy atom. The van der Waals surface area contributed by atoms with Gasteiger partial charge in [0.25, 0.3) is 0 Å². The summed E-state index contributed by atoms with van der Waals surface area (Å²) in [5.74, 6) is -0.184. The van der Waals surface area contributed by atoms with E-state index in [9.17, 15) is 9.59 Å². The Labute approximate surface area is 179 Å². The Kier molecular flexibility index (Phi) is 5.74. The Morgan fingerprint density at radius 2 is 1.79 bits per heavy atom. The number of piperidine rings is 1. The van der Waals surface area contributed by atoms with E-state index in [1.165, 1.54) is 5.56 Å². The molecule has 2 fully saturated rings. The van der Waals surface area contributed by atoms with Crippen molar-refractivity contribution in [3.63, 3.8) is 0 Å². The number of nitrogens with two attached hydrogens (primary N) is 1. The minimum atomic E-state index is -0.392. The van der Waals surface area contributed by atoms with Gasteiger partial charge in [0.15, 0.2) is 0 Å². The molecule has 1 saturated carbocycles. The summed E-state index contributed by atoms with van der Waals surface area (Å²) < 4.78 is 1.02. The summed E-state index contributed by atoms with van der Waals surface area (Å²) in [5.41, 5.74) is 8.14. The molecule has 2 aromatic carbocycles. The molecule has 5 nitrogen and oxygen atoms in total. The van der Waals surface area contributed by atoms with Gasteiger partial charge in [0.05, 0.1) is 11.3 Å². The molecule has 3 N–H and O–H groups in total. The van der Waals surface area contributed by atoms with Crippen LogP contribution in [0.3, 0.4) is 0 Å². The standard InChI is InChI=1S/C23H26BrN3O2/c24-19-7-5-18(6-8-19)23(11-12-23)22(29)26-20-9-3-16(4-10-20)14-27-13-1-2-17(15-27)21(25)28/h3-10,17H,1-2,11-15H2,(H2,25,28)(H,26,29). The number of carbonyl (C=O) groups is 2. The fourth-order valence-corrected chi connectivity index (χ4v) is 4.44. The van der Waals surface area contributed by atoms with Crippen LogP contribution in [-0.2, 0) is 21.5 Å². The summed E-state index contributed by atoms with van der Waals surface area (Å²) in [6, 6.07) is 16.0. The predicted molar refractivity (Wildman–Crippen MR) is 117 cm³/mol. The first-order valence-corrected chi connectivity index (χ1v) is 10.9. The second-order valence-electron chi connectivity index (χ2n) is 8.22. The van der Waals surface area contributed by atoms with Gasteiger partial charge in [0, 0.05) is 23.2 Å².